The number of nitrogens with one attached hydrogen (secondary N) is 1. The van der Waals surface area contributed by atoms with Crippen LogP contribution in [0, 0.1) is 0 Å². The van der Waals surface area contributed by atoms with Gasteiger partial charge in [0, 0.05) is 6.42 Å². The number of nitrogens with zero attached hydrogens (tertiary/aromatic N) is 1. The molecule has 0 heterocycles. The summed E-state index contributed by atoms with van der Waals surface area (Å²) in [5.41, 5.74) is 0. The summed E-state index contributed by atoms with van der Waals surface area (Å²) in [6.07, 6.45) is 43.8. The van der Waals surface area contributed by atoms with Crippen molar-refractivity contribution in [3.8, 4) is 0 Å². The standard InChI is InChI=1S/C41H71N2O6P/c1-6-8-10-12-13-14-15-16-17-18-19-20-21-22-23-24-25-26-27-28-29-31-33-35-41(45)42-39(40(44)34-32-30-11-9-7-2)38-49-50(46,47)48-37-36-43(3,4)5/h8,10,13-14,16-17,19-20,22-23,25-26,32,34,39-40,44H,6-7,9,11-12,15,18,21,24,27-31,33,35-38H2,1-5H3,(H-,42,45,46,47)/b10-8-,14-13-,17-16-,20-19-,23-22-,26-25-,34-32+. The van der Waals surface area contributed by atoms with E-state index in [2.05, 4.69) is 92.1 Å². The predicted molar refractivity (Wildman–Crippen MR) is 210 cm³/mol. The van der Waals surface area contributed by atoms with Crippen LogP contribution in [0.15, 0.2) is 85.1 Å². The number of carbonyl (C=O) groups is 1. The van der Waals surface area contributed by atoms with Crippen molar-refractivity contribution in [1.82, 2.24) is 5.32 Å². The van der Waals surface area contributed by atoms with Crippen LogP contribution in [0.25, 0.3) is 0 Å². The zero-order valence-corrected chi connectivity index (χ0v) is 32.9. The first-order valence-corrected chi connectivity index (χ1v) is 20.4. The monoisotopic (exact) mass is 719 g/mol. The van der Waals surface area contributed by atoms with E-state index in [-0.39, 0.29) is 12.5 Å². The van der Waals surface area contributed by atoms with E-state index < -0.39 is 26.6 Å². The minimum absolute atomic E-state index is 0.0126. The maximum atomic E-state index is 12.7. The van der Waals surface area contributed by atoms with Crippen LogP contribution in [-0.4, -0.2) is 68.5 Å². The Balaban J connectivity index is 4.30. The van der Waals surface area contributed by atoms with E-state index >= 15 is 0 Å². The highest BCUT2D eigenvalue weighted by atomic mass is 31.2. The number of hydrogen-bond acceptors (Lipinski definition) is 6. The predicted octanol–water partition coefficient (Wildman–Crippen LogP) is 9.21. The second-order valence-corrected chi connectivity index (χ2v) is 15.0. The molecule has 2 N–H and O–H groups in total. The average molecular weight is 719 g/mol. The van der Waals surface area contributed by atoms with Crippen molar-refractivity contribution in [1.29, 1.82) is 0 Å². The van der Waals surface area contributed by atoms with Crippen LogP contribution in [-0.2, 0) is 18.4 Å². The number of carbonyl (C=O) groups excluding carboxylic acids is 1. The molecule has 9 heteroatoms. The number of aliphatic hydroxyl groups excluding tert-OH is 1. The molecule has 1 amide bonds. The molecule has 8 nitrogen and oxygen atoms in total. The third-order valence-electron chi connectivity index (χ3n) is 7.61. The molecular formula is C41H71N2O6P. The number of rotatable bonds is 32. The van der Waals surface area contributed by atoms with Crippen LogP contribution >= 0.6 is 7.82 Å². The Labute approximate surface area is 306 Å². The van der Waals surface area contributed by atoms with Gasteiger partial charge >= 0.3 is 0 Å². The zero-order chi connectivity index (χ0) is 37.2. The van der Waals surface area contributed by atoms with Crippen molar-refractivity contribution in [2.24, 2.45) is 0 Å². The van der Waals surface area contributed by atoms with Crippen LogP contribution in [0.2, 0.25) is 0 Å². The molecule has 0 rings (SSSR count). The van der Waals surface area contributed by atoms with Gasteiger partial charge < -0.3 is 28.8 Å². The highest BCUT2D eigenvalue weighted by Crippen LogP contribution is 2.38. The van der Waals surface area contributed by atoms with Gasteiger partial charge in [-0.3, -0.25) is 9.36 Å². The summed E-state index contributed by atoms with van der Waals surface area (Å²) in [6, 6.07) is -0.901. The van der Waals surface area contributed by atoms with Crippen molar-refractivity contribution in [2.75, 3.05) is 40.9 Å². The lowest BCUT2D eigenvalue weighted by molar-refractivity contribution is -0.870. The van der Waals surface area contributed by atoms with Crippen molar-refractivity contribution in [3.63, 3.8) is 0 Å². The molecule has 0 radical (unpaired) electrons. The fourth-order valence-electron chi connectivity index (χ4n) is 4.56. The zero-order valence-electron chi connectivity index (χ0n) is 32.1. The highest BCUT2D eigenvalue weighted by molar-refractivity contribution is 7.45. The van der Waals surface area contributed by atoms with Gasteiger partial charge in [-0.2, -0.15) is 0 Å². The molecule has 0 aliphatic rings. The molecule has 286 valence electrons. The summed E-state index contributed by atoms with van der Waals surface area (Å²) in [4.78, 5) is 25.0. The summed E-state index contributed by atoms with van der Waals surface area (Å²) in [5.74, 6) is -0.235. The molecule has 0 aliphatic heterocycles. The van der Waals surface area contributed by atoms with E-state index in [4.69, 9.17) is 9.05 Å². The molecule has 0 aromatic carbocycles. The summed E-state index contributed by atoms with van der Waals surface area (Å²) in [6.45, 7) is 4.35. The number of unbranched alkanes of at least 4 members (excludes halogenated alkanes) is 7. The van der Waals surface area contributed by atoms with Gasteiger partial charge in [-0.1, -0.05) is 125 Å². The molecule has 3 unspecified atom stereocenters. The third-order valence-corrected chi connectivity index (χ3v) is 8.58. The molecular weight excluding hydrogens is 647 g/mol. The Morgan fingerprint density at radius 1 is 0.720 bits per heavy atom. The Morgan fingerprint density at radius 3 is 1.76 bits per heavy atom. The molecule has 0 fully saturated rings. The molecule has 0 aromatic heterocycles. The van der Waals surface area contributed by atoms with Gasteiger partial charge in [0.25, 0.3) is 7.82 Å². The number of phosphoric ester groups is 1. The lowest BCUT2D eigenvalue weighted by Crippen LogP contribution is -2.45. The number of amides is 1. The van der Waals surface area contributed by atoms with E-state index in [0.29, 0.717) is 17.4 Å². The van der Waals surface area contributed by atoms with Gasteiger partial charge in [0.05, 0.1) is 39.9 Å². The molecule has 0 aromatic rings. The molecule has 0 saturated heterocycles. The number of phosphoric acid groups is 1. The van der Waals surface area contributed by atoms with Gasteiger partial charge in [-0.15, -0.1) is 0 Å². The Bertz CT molecular complexity index is 1090. The van der Waals surface area contributed by atoms with Crippen LogP contribution in [0.5, 0.6) is 0 Å². The Morgan fingerprint density at radius 2 is 1.22 bits per heavy atom. The minimum atomic E-state index is -4.58. The normalized spacial score (nSPS) is 15.6. The molecule has 0 aliphatic carbocycles. The Kier molecular flexibility index (Phi) is 31.1. The first-order chi connectivity index (χ1) is 24.0. The van der Waals surface area contributed by atoms with Gasteiger partial charge in [0.15, 0.2) is 0 Å². The van der Waals surface area contributed by atoms with Gasteiger partial charge in [-0.05, 0) is 70.6 Å². The van der Waals surface area contributed by atoms with E-state index in [1.165, 1.54) is 0 Å². The smallest absolute Gasteiger partial charge is 0.268 e. The van der Waals surface area contributed by atoms with Crippen LogP contribution < -0.4 is 10.2 Å². The van der Waals surface area contributed by atoms with E-state index in [1.54, 1.807) is 6.08 Å². The van der Waals surface area contributed by atoms with Crippen LogP contribution in [0.1, 0.15) is 117 Å². The van der Waals surface area contributed by atoms with E-state index in [1.807, 2.05) is 27.2 Å². The fraction of sp³-hybridized carbons (Fsp3) is 0.634. The first-order valence-electron chi connectivity index (χ1n) is 18.9. The van der Waals surface area contributed by atoms with Gasteiger partial charge in [-0.25, -0.2) is 0 Å². The maximum absolute atomic E-state index is 12.7. The SMILES string of the molecule is CC/C=C\C/C=C\C/C=C\C/C=C\C/C=C\C/C=C\CCCCCCC(=O)NC(COP(=O)([O-])OCC[N+](C)(C)C)C(O)/C=C/CCCCC. The topological polar surface area (TPSA) is 108 Å². The van der Waals surface area contributed by atoms with Crippen LogP contribution in [0.4, 0.5) is 0 Å². The van der Waals surface area contributed by atoms with E-state index in [0.717, 1.165) is 96.3 Å². The lowest BCUT2D eigenvalue weighted by Gasteiger charge is -2.29. The Hall–Kier alpha value is -2.32. The molecule has 50 heavy (non-hydrogen) atoms. The second kappa shape index (κ2) is 32.6. The quantitative estimate of drug-likeness (QED) is 0.0311. The summed E-state index contributed by atoms with van der Waals surface area (Å²) in [5, 5.41) is 13.5. The number of likely N-dealkylation sites (N-methyl/N-ethyl adjacent to an activating group) is 1. The third kappa shape index (κ3) is 34.1. The number of aliphatic hydroxyl groups is 1. The number of allylic oxidation sites excluding steroid dienone is 13. The maximum Gasteiger partial charge on any atom is 0.268 e. The average Bonchev–Trinajstić information content (AvgIpc) is 3.06. The number of quaternary nitrogens is 1. The molecule has 0 spiro atoms. The summed E-state index contributed by atoms with van der Waals surface area (Å²) in [7, 11) is 1.22. The summed E-state index contributed by atoms with van der Waals surface area (Å²) >= 11 is 0. The second-order valence-electron chi connectivity index (χ2n) is 13.5. The largest absolute Gasteiger partial charge is 0.756 e. The molecule has 0 bridgehead atoms. The van der Waals surface area contributed by atoms with Crippen molar-refractivity contribution in [2.45, 2.75) is 129 Å². The molecule has 0 saturated carbocycles. The van der Waals surface area contributed by atoms with Gasteiger partial charge in [0.1, 0.15) is 13.2 Å². The fourth-order valence-corrected chi connectivity index (χ4v) is 5.29. The number of hydrogen-bond donors (Lipinski definition) is 2. The first kappa shape index (κ1) is 47.7. The van der Waals surface area contributed by atoms with E-state index in [9.17, 15) is 19.4 Å². The van der Waals surface area contributed by atoms with Crippen molar-refractivity contribution < 1.29 is 32.9 Å². The highest BCUT2D eigenvalue weighted by Gasteiger charge is 2.23. The molecule has 3 atom stereocenters. The van der Waals surface area contributed by atoms with Crippen molar-refractivity contribution in [3.05, 3.63) is 85.1 Å². The minimum Gasteiger partial charge on any atom is -0.756 e. The lowest BCUT2D eigenvalue weighted by atomic mass is 10.1. The van der Waals surface area contributed by atoms with Gasteiger partial charge in [0.2, 0.25) is 5.91 Å². The van der Waals surface area contributed by atoms with Crippen molar-refractivity contribution >= 4 is 13.7 Å². The van der Waals surface area contributed by atoms with Crippen LogP contribution in [0.3, 0.4) is 0 Å². The summed E-state index contributed by atoms with van der Waals surface area (Å²) < 4.78 is 22.9.